The van der Waals surface area contributed by atoms with E-state index >= 15 is 0 Å². The van der Waals surface area contributed by atoms with Crippen LogP contribution in [0.3, 0.4) is 0 Å². The molecular formula is C15H21N3O. The molecule has 0 aliphatic carbocycles. The van der Waals surface area contributed by atoms with Gasteiger partial charge in [-0.3, -0.25) is 4.90 Å². The van der Waals surface area contributed by atoms with Crippen molar-refractivity contribution in [2.45, 2.75) is 19.4 Å². The Balaban J connectivity index is 2.36. The molecule has 0 spiro atoms. The third kappa shape index (κ3) is 2.58. The largest absolute Gasteiger partial charge is 0.495 e. The summed E-state index contributed by atoms with van der Waals surface area (Å²) in [5, 5.41) is 9.24. The predicted molar refractivity (Wildman–Crippen MR) is 75.0 cm³/mol. The Hall–Kier alpha value is -1.57. The third-order valence-corrected chi connectivity index (χ3v) is 3.97. The molecule has 1 aromatic carbocycles. The highest BCUT2D eigenvalue weighted by atomic mass is 16.5. The summed E-state index contributed by atoms with van der Waals surface area (Å²) >= 11 is 0. The lowest BCUT2D eigenvalue weighted by atomic mass is 9.96. The summed E-state index contributed by atoms with van der Waals surface area (Å²) < 4.78 is 5.30. The lowest BCUT2D eigenvalue weighted by Gasteiger charge is -2.21. The number of hydrogen-bond donors (Lipinski definition) is 1. The van der Waals surface area contributed by atoms with E-state index in [1.807, 2.05) is 13.0 Å². The molecule has 1 aromatic rings. The van der Waals surface area contributed by atoms with Gasteiger partial charge in [0.05, 0.1) is 12.7 Å². The van der Waals surface area contributed by atoms with Crippen molar-refractivity contribution in [1.29, 1.82) is 5.26 Å². The molecule has 0 aromatic heterocycles. The van der Waals surface area contributed by atoms with Crippen LogP contribution in [-0.4, -0.2) is 32.1 Å². The second-order valence-corrected chi connectivity index (χ2v) is 5.32. The Bertz CT molecular complexity index is 507. The van der Waals surface area contributed by atoms with E-state index in [0.29, 0.717) is 23.3 Å². The van der Waals surface area contributed by atoms with Gasteiger partial charge < -0.3 is 10.5 Å². The van der Waals surface area contributed by atoms with Gasteiger partial charge in [0.2, 0.25) is 0 Å². The Kier molecular flexibility index (Phi) is 4.08. The van der Waals surface area contributed by atoms with Gasteiger partial charge in [0.15, 0.2) is 0 Å². The Morgan fingerprint density at radius 1 is 1.53 bits per heavy atom. The molecule has 0 radical (unpaired) electrons. The molecule has 1 saturated heterocycles. The zero-order valence-electron chi connectivity index (χ0n) is 11.8. The first kappa shape index (κ1) is 13.9. The summed E-state index contributed by atoms with van der Waals surface area (Å²) in [6.07, 6.45) is 1.06. The maximum Gasteiger partial charge on any atom is 0.139 e. The van der Waals surface area contributed by atoms with Gasteiger partial charge in [-0.15, -0.1) is 0 Å². The van der Waals surface area contributed by atoms with E-state index in [1.165, 1.54) is 5.56 Å². The molecule has 1 heterocycles. The van der Waals surface area contributed by atoms with E-state index in [9.17, 15) is 5.26 Å². The maximum absolute atomic E-state index is 9.24. The zero-order chi connectivity index (χ0) is 14.0. The van der Waals surface area contributed by atoms with Crippen molar-refractivity contribution >= 4 is 0 Å². The second-order valence-electron chi connectivity index (χ2n) is 5.32. The van der Waals surface area contributed by atoms with Gasteiger partial charge in [-0.25, -0.2) is 0 Å². The van der Waals surface area contributed by atoms with E-state index < -0.39 is 0 Å². The molecular weight excluding hydrogens is 238 g/mol. The Morgan fingerprint density at radius 3 is 2.79 bits per heavy atom. The first-order valence-electron chi connectivity index (χ1n) is 6.59. The molecule has 2 N–H and O–H groups in total. The van der Waals surface area contributed by atoms with E-state index in [0.717, 1.165) is 25.1 Å². The smallest absolute Gasteiger partial charge is 0.139 e. The lowest BCUT2D eigenvalue weighted by molar-refractivity contribution is 0.313. The molecule has 0 amide bonds. The molecule has 102 valence electrons. The van der Waals surface area contributed by atoms with Gasteiger partial charge in [0, 0.05) is 12.6 Å². The van der Waals surface area contributed by atoms with Crippen LogP contribution in [0.2, 0.25) is 0 Å². The number of nitriles is 1. The summed E-state index contributed by atoms with van der Waals surface area (Å²) in [5.74, 6) is 1.23. The Morgan fingerprint density at radius 2 is 2.26 bits per heavy atom. The molecule has 1 aliphatic rings. The van der Waals surface area contributed by atoms with Crippen molar-refractivity contribution in [2.75, 3.05) is 27.2 Å². The van der Waals surface area contributed by atoms with E-state index in [4.69, 9.17) is 10.5 Å². The van der Waals surface area contributed by atoms with Crippen molar-refractivity contribution in [3.8, 4) is 11.8 Å². The monoisotopic (exact) mass is 259 g/mol. The van der Waals surface area contributed by atoms with Crippen LogP contribution in [-0.2, 0) is 0 Å². The molecule has 0 saturated carbocycles. The first-order valence-corrected chi connectivity index (χ1v) is 6.59. The molecule has 2 atom stereocenters. The van der Waals surface area contributed by atoms with Crippen molar-refractivity contribution in [3.05, 3.63) is 28.8 Å². The van der Waals surface area contributed by atoms with Crippen molar-refractivity contribution in [1.82, 2.24) is 4.90 Å². The van der Waals surface area contributed by atoms with Crippen molar-refractivity contribution in [3.63, 3.8) is 0 Å². The lowest BCUT2D eigenvalue weighted by Crippen LogP contribution is -2.20. The van der Waals surface area contributed by atoms with Gasteiger partial charge in [-0.05, 0) is 50.0 Å². The first-order chi connectivity index (χ1) is 9.10. The molecule has 0 bridgehead atoms. The van der Waals surface area contributed by atoms with Gasteiger partial charge in [0.1, 0.15) is 11.8 Å². The van der Waals surface area contributed by atoms with Crippen LogP contribution in [0.5, 0.6) is 5.75 Å². The fourth-order valence-electron chi connectivity index (χ4n) is 3.01. The summed E-state index contributed by atoms with van der Waals surface area (Å²) in [5.41, 5.74) is 8.59. The third-order valence-electron chi connectivity index (χ3n) is 3.97. The van der Waals surface area contributed by atoms with Gasteiger partial charge in [-0.2, -0.15) is 5.26 Å². The zero-order valence-corrected chi connectivity index (χ0v) is 11.8. The standard InChI is InChI=1S/C15H21N3O/c1-10-4-12(6-13(8-17)15(10)19-3)14-5-11(7-16)9-18(14)2/h4,6,11,14H,5,7,9,16H2,1-3H3. The number of rotatable bonds is 3. The van der Waals surface area contributed by atoms with Gasteiger partial charge >= 0.3 is 0 Å². The van der Waals surface area contributed by atoms with E-state index in [2.05, 4.69) is 24.1 Å². The highest BCUT2D eigenvalue weighted by Crippen LogP contribution is 2.36. The highest BCUT2D eigenvalue weighted by Gasteiger charge is 2.30. The van der Waals surface area contributed by atoms with E-state index in [-0.39, 0.29) is 0 Å². The van der Waals surface area contributed by atoms with Gasteiger partial charge in [0.25, 0.3) is 0 Å². The number of nitrogens with zero attached hydrogens (tertiary/aromatic N) is 2. The van der Waals surface area contributed by atoms with Crippen LogP contribution < -0.4 is 10.5 Å². The summed E-state index contributed by atoms with van der Waals surface area (Å²) in [4.78, 5) is 2.32. The van der Waals surface area contributed by atoms with Crippen LogP contribution in [0, 0.1) is 24.2 Å². The minimum absolute atomic E-state index is 0.352. The minimum Gasteiger partial charge on any atom is -0.495 e. The molecule has 2 unspecified atom stereocenters. The minimum atomic E-state index is 0.352. The van der Waals surface area contributed by atoms with Crippen molar-refractivity contribution in [2.24, 2.45) is 11.7 Å². The quantitative estimate of drug-likeness (QED) is 0.899. The molecule has 1 fully saturated rings. The van der Waals surface area contributed by atoms with Crippen molar-refractivity contribution < 1.29 is 4.74 Å². The summed E-state index contributed by atoms with van der Waals surface area (Å²) in [6, 6.07) is 6.65. The average Bonchev–Trinajstić information content (AvgIpc) is 2.79. The Labute approximate surface area is 114 Å². The van der Waals surface area contributed by atoms with E-state index in [1.54, 1.807) is 7.11 Å². The van der Waals surface area contributed by atoms with Crippen LogP contribution >= 0.6 is 0 Å². The molecule has 1 aliphatic heterocycles. The number of aryl methyl sites for hydroxylation is 1. The molecule has 4 nitrogen and oxygen atoms in total. The molecule has 2 rings (SSSR count). The molecule has 4 heteroatoms. The number of benzene rings is 1. The number of ether oxygens (including phenoxy) is 1. The average molecular weight is 259 g/mol. The van der Waals surface area contributed by atoms with Crippen LogP contribution in [0.4, 0.5) is 0 Å². The fourth-order valence-corrected chi connectivity index (χ4v) is 3.01. The maximum atomic E-state index is 9.24. The number of nitrogens with two attached hydrogens (primary N) is 1. The molecule has 19 heavy (non-hydrogen) atoms. The summed E-state index contributed by atoms with van der Waals surface area (Å²) in [6.45, 7) is 3.73. The highest BCUT2D eigenvalue weighted by molar-refractivity contribution is 5.51. The summed E-state index contributed by atoms with van der Waals surface area (Å²) in [7, 11) is 3.72. The SMILES string of the molecule is COc1c(C)cc(C2CC(CN)CN2C)cc1C#N. The predicted octanol–water partition coefficient (Wildman–Crippen LogP) is 1.83. The van der Waals surface area contributed by atoms with Crippen LogP contribution in [0.15, 0.2) is 12.1 Å². The topological polar surface area (TPSA) is 62.3 Å². The number of methoxy groups -OCH3 is 1. The number of hydrogen-bond acceptors (Lipinski definition) is 4. The fraction of sp³-hybridized carbons (Fsp3) is 0.533. The second kappa shape index (κ2) is 5.60. The van der Waals surface area contributed by atoms with Crippen LogP contribution in [0.1, 0.15) is 29.2 Å². The normalized spacial score (nSPS) is 23.3. The van der Waals surface area contributed by atoms with Gasteiger partial charge in [-0.1, -0.05) is 6.07 Å². The van der Waals surface area contributed by atoms with Crippen LogP contribution in [0.25, 0.3) is 0 Å². The number of likely N-dealkylation sites (tertiary alicyclic amines) is 1.